The van der Waals surface area contributed by atoms with Crippen LogP contribution in [0.4, 0.5) is 0 Å². The van der Waals surface area contributed by atoms with Gasteiger partial charge < -0.3 is 9.47 Å². The van der Waals surface area contributed by atoms with Crippen LogP contribution in [0.3, 0.4) is 0 Å². The molecule has 1 aromatic heterocycles. The van der Waals surface area contributed by atoms with Gasteiger partial charge in [0, 0.05) is 18.2 Å². The summed E-state index contributed by atoms with van der Waals surface area (Å²) in [6.45, 7) is 3.97. The molecule has 2 aromatic carbocycles. The lowest BCUT2D eigenvalue weighted by atomic mass is 10.2. The van der Waals surface area contributed by atoms with E-state index in [0.29, 0.717) is 12.3 Å². The van der Waals surface area contributed by atoms with Gasteiger partial charge in [-0.15, -0.1) is 0 Å². The lowest BCUT2D eigenvalue weighted by Crippen LogP contribution is -2.07. The molecule has 0 N–H and O–H groups in total. The van der Waals surface area contributed by atoms with Gasteiger partial charge in [0.1, 0.15) is 16.1 Å². The fraction of sp³-hybridized carbons (Fsp3) is 0.190. The first kappa shape index (κ1) is 18.5. The molecule has 0 aliphatic carbocycles. The van der Waals surface area contributed by atoms with Crippen molar-refractivity contribution in [2.45, 2.75) is 20.5 Å². The molecule has 3 aromatic rings. The maximum Gasteiger partial charge on any atom is 0.176 e. The number of ether oxygens (including phenoxy) is 2. The topological polar surface area (TPSA) is 40.5 Å². The normalized spacial score (nSPS) is 10.6. The van der Waals surface area contributed by atoms with Crippen LogP contribution in [0.5, 0.6) is 11.5 Å². The number of Topliss-reactive ketones (excluding diaryl/α,β-unsaturated/α-hetero) is 1. The number of rotatable bonds is 6. The molecule has 0 atom stereocenters. The van der Waals surface area contributed by atoms with Crippen molar-refractivity contribution in [2.75, 3.05) is 7.11 Å². The number of carbonyl (C=O) groups is 1. The van der Waals surface area contributed by atoms with E-state index < -0.39 is 0 Å². The van der Waals surface area contributed by atoms with Gasteiger partial charge in [-0.3, -0.25) is 9.36 Å². The van der Waals surface area contributed by atoms with Gasteiger partial charge >= 0.3 is 0 Å². The van der Waals surface area contributed by atoms with E-state index in [-0.39, 0.29) is 5.78 Å². The Hall–Kier alpha value is -2.28. The smallest absolute Gasteiger partial charge is 0.176 e. The van der Waals surface area contributed by atoms with Gasteiger partial charge in [-0.1, -0.05) is 30.3 Å². The first-order valence-electron chi connectivity index (χ1n) is 8.25. The van der Waals surface area contributed by atoms with Crippen molar-refractivity contribution in [3.05, 3.63) is 75.1 Å². The number of methoxy groups -OCH3 is 1. The van der Waals surface area contributed by atoms with E-state index in [1.54, 1.807) is 14.0 Å². The SMILES string of the molecule is COc1ccc(-n2c(I)c(OCc3ccccc3)c(C)c2C(C)=O)cc1. The molecule has 3 rings (SSSR count). The molecular weight excluding hydrogens is 441 g/mol. The molecule has 26 heavy (non-hydrogen) atoms. The molecule has 0 bridgehead atoms. The fourth-order valence-electron chi connectivity index (χ4n) is 2.92. The van der Waals surface area contributed by atoms with Crippen LogP contribution in [0.1, 0.15) is 28.5 Å². The van der Waals surface area contributed by atoms with E-state index in [9.17, 15) is 4.79 Å². The summed E-state index contributed by atoms with van der Waals surface area (Å²) in [7, 11) is 1.63. The number of carbonyl (C=O) groups excluding carboxylic acids is 1. The van der Waals surface area contributed by atoms with Crippen molar-refractivity contribution in [3.8, 4) is 17.2 Å². The Kier molecular flexibility index (Phi) is 5.66. The van der Waals surface area contributed by atoms with Crippen LogP contribution in [-0.2, 0) is 6.61 Å². The highest BCUT2D eigenvalue weighted by Gasteiger charge is 2.23. The highest BCUT2D eigenvalue weighted by Crippen LogP contribution is 2.35. The molecule has 4 nitrogen and oxygen atoms in total. The van der Waals surface area contributed by atoms with Crippen LogP contribution in [0.15, 0.2) is 54.6 Å². The van der Waals surface area contributed by atoms with Crippen LogP contribution in [0.2, 0.25) is 0 Å². The summed E-state index contributed by atoms with van der Waals surface area (Å²) in [5.74, 6) is 1.53. The summed E-state index contributed by atoms with van der Waals surface area (Å²) < 4.78 is 14.1. The van der Waals surface area contributed by atoms with Crippen molar-refractivity contribution in [1.82, 2.24) is 4.57 Å². The minimum atomic E-state index is 0.00537. The lowest BCUT2D eigenvalue weighted by Gasteiger charge is -2.10. The number of aromatic nitrogens is 1. The number of ketones is 1. The molecule has 0 radical (unpaired) electrons. The highest BCUT2D eigenvalue weighted by molar-refractivity contribution is 14.1. The molecule has 1 heterocycles. The van der Waals surface area contributed by atoms with E-state index in [0.717, 1.165) is 32.0 Å². The number of nitrogens with zero attached hydrogens (tertiary/aromatic N) is 1. The summed E-state index contributed by atoms with van der Waals surface area (Å²) in [5.41, 5.74) is 3.48. The first-order chi connectivity index (χ1) is 12.5. The van der Waals surface area contributed by atoms with Gasteiger partial charge in [0.25, 0.3) is 0 Å². The van der Waals surface area contributed by atoms with Gasteiger partial charge in [0.05, 0.1) is 12.8 Å². The Morgan fingerprint density at radius 2 is 1.73 bits per heavy atom. The van der Waals surface area contributed by atoms with Crippen molar-refractivity contribution >= 4 is 28.4 Å². The molecule has 0 saturated carbocycles. The molecule has 0 spiro atoms. The predicted octanol–water partition coefficient (Wildman–Crippen LogP) is 5.18. The molecule has 0 aliphatic rings. The average Bonchev–Trinajstić information content (AvgIpc) is 2.91. The van der Waals surface area contributed by atoms with E-state index in [4.69, 9.17) is 9.47 Å². The van der Waals surface area contributed by atoms with Gasteiger partial charge in [-0.05, 0) is 59.3 Å². The molecule has 0 fully saturated rings. The number of benzene rings is 2. The Bertz CT molecular complexity index is 915. The molecule has 0 saturated heterocycles. The predicted molar refractivity (Wildman–Crippen MR) is 111 cm³/mol. The lowest BCUT2D eigenvalue weighted by molar-refractivity contribution is 0.101. The fourth-order valence-corrected chi connectivity index (χ4v) is 4.00. The zero-order valence-electron chi connectivity index (χ0n) is 15.0. The van der Waals surface area contributed by atoms with Gasteiger partial charge in [-0.25, -0.2) is 0 Å². The Morgan fingerprint density at radius 3 is 2.31 bits per heavy atom. The van der Waals surface area contributed by atoms with E-state index >= 15 is 0 Å². The minimum Gasteiger partial charge on any atom is -0.497 e. The summed E-state index contributed by atoms with van der Waals surface area (Å²) in [4.78, 5) is 12.3. The minimum absolute atomic E-state index is 0.00537. The molecule has 134 valence electrons. The molecule has 0 amide bonds. The van der Waals surface area contributed by atoms with Crippen molar-refractivity contribution in [3.63, 3.8) is 0 Å². The Morgan fingerprint density at radius 1 is 1.08 bits per heavy atom. The van der Waals surface area contributed by atoms with E-state index in [1.165, 1.54) is 0 Å². The largest absolute Gasteiger partial charge is 0.497 e. The third-order valence-electron chi connectivity index (χ3n) is 4.19. The summed E-state index contributed by atoms with van der Waals surface area (Å²) in [6.07, 6.45) is 0. The molecule has 0 aliphatic heterocycles. The van der Waals surface area contributed by atoms with Crippen LogP contribution >= 0.6 is 22.6 Å². The van der Waals surface area contributed by atoms with Crippen LogP contribution < -0.4 is 9.47 Å². The number of hydrogen-bond donors (Lipinski definition) is 0. The zero-order valence-corrected chi connectivity index (χ0v) is 17.1. The van der Waals surface area contributed by atoms with Gasteiger partial charge in [0.15, 0.2) is 11.5 Å². The summed E-state index contributed by atoms with van der Waals surface area (Å²) in [6, 6.07) is 17.6. The van der Waals surface area contributed by atoms with Gasteiger partial charge in [-0.2, -0.15) is 0 Å². The standard InChI is InChI=1S/C21H20INO3/c1-14-19(15(2)24)23(17-9-11-18(25-3)12-10-17)21(22)20(14)26-13-16-7-5-4-6-8-16/h4-12H,13H2,1-3H3. The second-order valence-electron chi connectivity index (χ2n) is 5.96. The van der Waals surface area contributed by atoms with Crippen LogP contribution in [0, 0.1) is 10.6 Å². The molecule has 0 unspecified atom stereocenters. The number of halogens is 1. The van der Waals surface area contributed by atoms with Crippen LogP contribution in [-0.4, -0.2) is 17.5 Å². The Balaban J connectivity index is 2.02. The quantitative estimate of drug-likeness (QED) is 0.375. The molecular formula is C21H20INO3. The van der Waals surface area contributed by atoms with Crippen molar-refractivity contribution in [2.24, 2.45) is 0 Å². The highest BCUT2D eigenvalue weighted by atomic mass is 127. The zero-order chi connectivity index (χ0) is 18.7. The maximum atomic E-state index is 12.3. The summed E-state index contributed by atoms with van der Waals surface area (Å²) in [5, 5.41) is 0. The van der Waals surface area contributed by atoms with E-state index in [2.05, 4.69) is 22.6 Å². The van der Waals surface area contributed by atoms with Crippen molar-refractivity contribution in [1.29, 1.82) is 0 Å². The number of hydrogen-bond acceptors (Lipinski definition) is 3. The third-order valence-corrected chi connectivity index (χ3v) is 5.17. The molecule has 5 heteroatoms. The maximum absolute atomic E-state index is 12.3. The van der Waals surface area contributed by atoms with E-state index in [1.807, 2.05) is 66.1 Å². The average molecular weight is 461 g/mol. The van der Waals surface area contributed by atoms with Crippen LogP contribution in [0.25, 0.3) is 5.69 Å². The Labute approximate surface area is 166 Å². The second kappa shape index (κ2) is 7.95. The van der Waals surface area contributed by atoms with Gasteiger partial charge in [0.2, 0.25) is 0 Å². The van der Waals surface area contributed by atoms with Crippen molar-refractivity contribution < 1.29 is 14.3 Å². The monoisotopic (exact) mass is 461 g/mol. The third kappa shape index (κ3) is 3.62. The first-order valence-corrected chi connectivity index (χ1v) is 9.33. The summed E-state index contributed by atoms with van der Waals surface area (Å²) >= 11 is 2.24. The second-order valence-corrected chi connectivity index (χ2v) is 6.98.